The molecule has 0 aliphatic carbocycles. The number of hydrogen-bond donors (Lipinski definition) is 0. The summed E-state index contributed by atoms with van der Waals surface area (Å²) in [5.74, 6) is 0. The van der Waals surface area contributed by atoms with Gasteiger partial charge in [0, 0.05) is 0 Å². The first kappa shape index (κ1) is 14.8. The molecule has 0 fully saturated rings. The van der Waals surface area contributed by atoms with Crippen LogP contribution in [0.3, 0.4) is 0 Å². The van der Waals surface area contributed by atoms with Crippen molar-refractivity contribution >= 4 is 0 Å². The average molecular weight is 213 g/mol. The molecule has 0 spiro atoms. The second-order valence-corrected chi connectivity index (χ2v) is 4.80. The third kappa shape index (κ3) is 6.09. The Morgan fingerprint density at radius 1 is 0.733 bits per heavy atom. The maximum Gasteiger partial charge on any atom is 0.209 e. The van der Waals surface area contributed by atoms with Crippen molar-refractivity contribution in [3.63, 3.8) is 0 Å². The van der Waals surface area contributed by atoms with E-state index in [0.717, 1.165) is 6.54 Å². The van der Waals surface area contributed by atoms with Gasteiger partial charge in [-0.05, 0) is 19.3 Å². The van der Waals surface area contributed by atoms with Crippen LogP contribution in [0.25, 0.3) is 0 Å². The Morgan fingerprint density at radius 2 is 1.07 bits per heavy atom. The normalized spacial score (nSPS) is 11.9. The molecule has 0 aliphatic rings. The molecule has 0 saturated carbocycles. The maximum atomic E-state index is 4.19. The van der Waals surface area contributed by atoms with Gasteiger partial charge >= 0.3 is 0 Å². The smallest absolute Gasteiger partial charge is 0.209 e. The van der Waals surface area contributed by atoms with E-state index in [0.29, 0.717) is 0 Å². The lowest BCUT2D eigenvalue weighted by atomic mass is 10.1. The Morgan fingerprint density at radius 3 is 1.27 bits per heavy atom. The quantitative estimate of drug-likeness (QED) is 0.379. The van der Waals surface area contributed by atoms with Crippen LogP contribution in [0.1, 0.15) is 59.3 Å². The lowest BCUT2D eigenvalue weighted by Gasteiger charge is -2.35. The minimum atomic E-state index is 1.08. The van der Waals surface area contributed by atoms with Gasteiger partial charge in [0.15, 0.2) is 0 Å². The summed E-state index contributed by atoms with van der Waals surface area (Å²) < 4.78 is 1.27. The van der Waals surface area contributed by atoms with Gasteiger partial charge in [0.2, 0.25) is 6.54 Å². The minimum Gasteiger partial charge on any atom is -0.287 e. The molecule has 1 heteroatoms. The summed E-state index contributed by atoms with van der Waals surface area (Å²) in [5.41, 5.74) is 0. The van der Waals surface area contributed by atoms with Crippen LogP contribution in [0.5, 0.6) is 0 Å². The van der Waals surface area contributed by atoms with E-state index in [9.17, 15) is 0 Å². The minimum absolute atomic E-state index is 1.08. The molecule has 0 saturated heterocycles. The van der Waals surface area contributed by atoms with E-state index in [4.69, 9.17) is 0 Å². The second kappa shape index (κ2) is 9.08. The SMILES string of the molecule is [CH2+]C[N+](CCCC)(CCCC)CCCC. The molecule has 0 radical (unpaired) electrons. The van der Waals surface area contributed by atoms with E-state index < -0.39 is 0 Å². The van der Waals surface area contributed by atoms with E-state index >= 15 is 0 Å². The largest absolute Gasteiger partial charge is 0.287 e. The number of quaternary nitrogens is 1. The monoisotopic (exact) mass is 213 g/mol. The van der Waals surface area contributed by atoms with Crippen molar-refractivity contribution in [2.24, 2.45) is 0 Å². The Bertz CT molecular complexity index is 110. The fourth-order valence-electron chi connectivity index (χ4n) is 2.15. The summed E-state index contributed by atoms with van der Waals surface area (Å²) in [5, 5.41) is 0. The highest BCUT2D eigenvalue weighted by atomic mass is 15.3. The zero-order chi connectivity index (χ0) is 11.6. The number of unbranched alkanes of at least 4 members (excludes halogenated alkanes) is 3. The van der Waals surface area contributed by atoms with Crippen LogP contribution >= 0.6 is 0 Å². The predicted octanol–water partition coefficient (Wildman–Crippen LogP) is 4.04. The summed E-state index contributed by atoms with van der Waals surface area (Å²) in [7, 11) is 0. The van der Waals surface area contributed by atoms with Gasteiger partial charge in [0.1, 0.15) is 6.92 Å². The van der Waals surface area contributed by atoms with Crippen LogP contribution < -0.4 is 0 Å². The molecule has 0 heterocycles. The number of hydrogen-bond acceptors (Lipinski definition) is 0. The third-order valence-electron chi connectivity index (χ3n) is 3.43. The van der Waals surface area contributed by atoms with E-state index in [2.05, 4.69) is 27.7 Å². The Balaban J connectivity index is 4.16. The highest BCUT2D eigenvalue weighted by Crippen LogP contribution is 2.13. The van der Waals surface area contributed by atoms with Crippen LogP contribution in [0, 0.1) is 6.92 Å². The van der Waals surface area contributed by atoms with Crippen LogP contribution in [0.4, 0.5) is 0 Å². The van der Waals surface area contributed by atoms with E-state index in [1.165, 1.54) is 62.6 Å². The Hall–Kier alpha value is -0.170. The molecule has 0 aromatic heterocycles. The molecule has 0 atom stereocenters. The third-order valence-corrected chi connectivity index (χ3v) is 3.43. The van der Waals surface area contributed by atoms with E-state index in [-0.39, 0.29) is 0 Å². The average Bonchev–Trinajstić information content (AvgIpc) is 2.29. The van der Waals surface area contributed by atoms with Crippen molar-refractivity contribution in [1.29, 1.82) is 0 Å². The van der Waals surface area contributed by atoms with Gasteiger partial charge in [-0.25, -0.2) is 0 Å². The molecular formula is C14H31N+2. The molecule has 0 unspecified atom stereocenters. The van der Waals surface area contributed by atoms with Gasteiger partial charge in [0.05, 0.1) is 19.6 Å². The highest BCUT2D eigenvalue weighted by molar-refractivity contribution is 4.49. The topological polar surface area (TPSA) is 0 Å². The predicted molar refractivity (Wildman–Crippen MR) is 69.8 cm³/mol. The lowest BCUT2D eigenvalue weighted by Crippen LogP contribution is -2.50. The van der Waals surface area contributed by atoms with Gasteiger partial charge in [0.25, 0.3) is 0 Å². The molecule has 0 aliphatic heterocycles. The molecular weight excluding hydrogens is 182 g/mol. The molecule has 0 amide bonds. The Labute approximate surface area is 97.5 Å². The van der Waals surface area contributed by atoms with Crippen LogP contribution in [-0.2, 0) is 0 Å². The van der Waals surface area contributed by atoms with Crippen molar-refractivity contribution in [3.8, 4) is 0 Å². The number of rotatable bonds is 10. The molecule has 0 rings (SSSR count). The molecule has 90 valence electrons. The number of nitrogens with zero attached hydrogens (tertiary/aromatic N) is 1. The first-order valence-corrected chi connectivity index (χ1v) is 6.89. The molecule has 1 nitrogen and oxygen atoms in total. The van der Waals surface area contributed by atoms with Crippen molar-refractivity contribution in [2.75, 3.05) is 26.2 Å². The zero-order valence-electron chi connectivity index (χ0n) is 11.2. The van der Waals surface area contributed by atoms with Crippen LogP contribution in [0.15, 0.2) is 0 Å². The maximum absolute atomic E-state index is 4.19. The standard InChI is InChI=1S/C14H31N/c1-5-9-12-15(8-4,13-10-6-2)14-11-7-3/h4-14H2,1-3H3/q+2. The summed E-state index contributed by atoms with van der Waals surface area (Å²) in [6, 6.07) is 0. The van der Waals surface area contributed by atoms with Gasteiger partial charge in [-0.3, -0.25) is 4.48 Å². The molecule has 15 heavy (non-hydrogen) atoms. The molecule has 0 aromatic rings. The molecule has 0 aromatic carbocycles. The molecule has 0 bridgehead atoms. The lowest BCUT2D eigenvalue weighted by molar-refractivity contribution is -0.924. The van der Waals surface area contributed by atoms with Crippen molar-refractivity contribution in [1.82, 2.24) is 0 Å². The van der Waals surface area contributed by atoms with Crippen molar-refractivity contribution < 1.29 is 4.48 Å². The van der Waals surface area contributed by atoms with E-state index in [1.54, 1.807) is 0 Å². The summed E-state index contributed by atoms with van der Waals surface area (Å²) in [6.07, 6.45) is 8.05. The summed E-state index contributed by atoms with van der Waals surface area (Å²) in [4.78, 5) is 0. The first-order valence-electron chi connectivity index (χ1n) is 6.89. The van der Waals surface area contributed by atoms with Crippen LogP contribution in [0.2, 0.25) is 0 Å². The highest BCUT2D eigenvalue weighted by Gasteiger charge is 2.25. The summed E-state index contributed by atoms with van der Waals surface area (Å²) in [6.45, 7) is 16.2. The van der Waals surface area contributed by atoms with Crippen molar-refractivity contribution in [3.05, 3.63) is 6.92 Å². The van der Waals surface area contributed by atoms with Gasteiger partial charge in [-0.1, -0.05) is 40.0 Å². The first-order chi connectivity index (χ1) is 7.24. The van der Waals surface area contributed by atoms with Gasteiger partial charge < -0.3 is 0 Å². The van der Waals surface area contributed by atoms with Gasteiger partial charge in [-0.2, -0.15) is 0 Å². The van der Waals surface area contributed by atoms with Gasteiger partial charge in [-0.15, -0.1) is 0 Å². The Kier molecular flexibility index (Phi) is 8.98. The zero-order valence-corrected chi connectivity index (χ0v) is 11.2. The fraction of sp³-hybridized carbons (Fsp3) is 0.929. The summed E-state index contributed by atoms with van der Waals surface area (Å²) >= 11 is 0. The second-order valence-electron chi connectivity index (χ2n) is 4.80. The molecule has 0 N–H and O–H groups in total. The fourth-order valence-corrected chi connectivity index (χ4v) is 2.15. The van der Waals surface area contributed by atoms with Crippen molar-refractivity contribution in [2.45, 2.75) is 59.3 Å². The van der Waals surface area contributed by atoms with E-state index in [1.807, 2.05) is 0 Å². The van der Waals surface area contributed by atoms with Crippen LogP contribution in [-0.4, -0.2) is 30.7 Å².